The number of aromatic amines is 1. The van der Waals surface area contributed by atoms with Gasteiger partial charge in [0.05, 0.1) is 29.8 Å². The summed E-state index contributed by atoms with van der Waals surface area (Å²) >= 11 is 0. The molecule has 11 nitrogen and oxygen atoms in total. The van der Waals surface area contributed by atoms with Gasteiger partial charge in [-0.15, -0.1) is 0 Å². The van der Waals surface area contributed by atoms with Gasteiger partial charge in [0.2, 0.25) is 11.8 Å². The highest BCUT2D eigenvalue weighted by molar-refractivity contribution is 5.76. The van der Waals surface area contributed by atoms with Gasteiger partial charge in [0.15, 0.2) is 6.29 Å². The molecule has 3 heterocycles. The van der Waals surface area contributed by atoms with Gasteiger partial charge in [-0.05, 0) is 71.7 Å². The van der Waals surface area contributed by atoms with Crippen molar-refractivity contribution in [3.05, 3.63) is 130 Å². The van der Waals surface area contributed by atoms with Crippen molar-refractivity contribution in [2.45, 2.75) is 89.6 Å². The molecule has 4 N–H and O–H groups in total. The zero-order chi connectivity index (χ0) is 38.9. The van der Waals surface area contributed by atoms with Crippen LogP contribution in [0.5, 0.6) is 0 Å². The lowest BCUT2D eigenvalue weighted by molar-refractivity contribution is -0.253. The Labute approximate surface area is 328 Å². The van der Waals surface area contributed by atoms with Crippen LogP contribution in [0, 0.1) is 0 Å². The minimum Gasteiger partial charge on any atom is -0.392 e. The molecule has 4 aromatic carbocycles. The molecule has 0 bridgehead atoms. The number of carbonyl (C=O) groups excluding carboxylic acids is 2. The van der Waals surface area contributed by atoms with E-state index in [2.05, 4.69) is 56.9 Å². The van der Waals surface area contributed by atoms with Crippen LogP contribution in [-0.4, -0.2) is 63.7 Å². The summed E-state index contributed by atoms with van der Waals surface area (Å²) in [6, 6.07) is 32.5. The van der Waals surface area contributed by atoms with Crippen molar-refractivity contribution in [2.24, 2.45) is 0 Å². The van der Waals surface area contributed by atoms with Crippen LogP contribution in [0.25, 0.3) is 22.2 Å². The first-order valence-corrected chi connectivity index (χ1v) is 20.0. The van der Waals surface area contributed by atoms with Crippen molar-refractivity contribution in [1.29, 1.82) is 0 Å². The van der Waals surface area contributed by atoms with Gasteiger partial charge in [-0.25, -0.2) is 4.79 Å². The van der Waals surface area contributed by atoms with E-state index in [-0.39, 0.29) is 42.4 Å². The minimum absolute atomic E-state index is 0.00623. The van der Waals surface area contributed by atoms with Crippen molar-refractivity contribution in [3.63, 3.8) is 0 Å². The summed E-state index contributed by atoms with van der Waals surface area (Å²) < 4.78 is 15.3. The van der Waals surface area contributed by atoms with E-state index in [0.717, 1.165) is 96.2 Å². The molecule has 1 aromatic heterocycles. The average Bonchev–Trinajstić information content (AvgIpc) is 3.57. The number of carbonyl (C=O) groups is 2. The molecule has 0 aliphatic carbocycles. The van der Waals surface area contributed by atoms with Crippen LogP contribution in [0.4, 0.5) is 0 Å². The van der Waals surface area contributed by atoms with Crippen molar-refractivity contribution >= 4 is 22.8 Å². The predicted octanol–water partition coefficient (Wildman–Crippen LogP) is 6.68. The van der Waals surface area contributed by atoms with Crippen LogP contribution in [0.1, 0.15) is 92.6 Å². The number of imidazole rings is 1. The maximum absolute atomic E-state index is 12.9. The van der Waals surface area contributed by atoms with E-state index in [1.807, 2.05) is 65.2 Å². The maximum atomic E-state index is 12.9. The van der Waals surface area contributed by atoms with Crippen LogP contribution in [0.15, 0.2) is 102 Å². The van der Waals surface area contributed by atoms with Crippen molar-refractivity contribution < 1.29 is 24.2 Å². The van der Waals surface area contributed by atoms with E-state index in [1.54, 1.807) is 0 Å². The smallest absolute Gasteiger partial charge is 0.326 e. The number of fused-ring (bicyclic) bond motifs is 1. The highest BCUT2D eigenvalue weighted by Crippen LogP contribution is 2.39. The average molecular weight is 760 g/mol. The highest BCUT2D eigenvalue weighted by atomic mass is 16.7. The molecule has 0 radical (unpaired) electrons. The normalized spacial score (nSPS) is 19.2. The number of aromatic nitrogens is 2. The Morgan fingerprint density at radius 2 is 1.59 bits per heavy atom. The number of nitrogens with one attached hydrogen (secondary N) is 3. The monoisotopic (exact) mass is 759 g/mol. The van der Waals surface area contributed by atoms with Gasteiger partial charge in [-0.1, -0.05) is 85.3 Å². The molecule has 3 unspecified atom stereocenters. The molecule has 2 aliphatic heterocycles. The Kier molecular flexibility index (Phi) is 13.1. The molecule has 2 saturated heterocycles. The molecule has 0 saturated carbocycles. The third kappa shape index (κ3) is 10.0. The van der Waals surface area contributed by atoms with Gasteiger partial charge in [0, 0.05) is 64.1 Å². The number of ether oxygens (including phenoxy) is 2. The number of hydrogen-bond donors (Lipinski definition) is 4. The number of rotatable bonds is 15. The lowest BCUT2D eigenvalue weighted by Gasteiger charge is -2.40. The quantitative estimate of drug-likeness (QED) is 0.0874. The van der Waals surface area contributed by atoms with Crippen LogP contribution in [0.3, 0.4) is 0 Å². The number of benzene rings is 4. The molecular formula is C45H53N5O6. The first kappa shape index (κ1) is 39.2. The van der Waals surface area contributed by atoms with Crippen LogP contribution < -0.4 is 16.3 Å². The molecule has 11 heteroatoms. The summed E-state index contributed by atoms with van der Waals surface area (Å²) in [7, 11) is 0. The standard InChI is InChI=1S/C45H53N5O6/c1-31(52)46-23-6-2-3-12-43(53)47-28-33-8-7-9-37(26-33)34-17-19-36(20-18-34)44-55-39(27-42(56-44)35-15-13-32(30-51)14-16-35)29-49-24-21-38(22-25-49)50-41-11-5-4-10-40(41)48-45(50)54/h4-5,7-11,13-20,26,38-39,42,44,51H,2-3,6,12,21-25,27-30H2,1H3,(H,46,52)(H,47,53)(H,48,54). The minimum atomic E-state index is -0.556. The van der Waals surface area contributed by atoms with E-state index in [1.165, 1.54) is 6.92 Å². The molecule has 5 aromatic rings. The van der Waals surface area contributed by atoms with Crippen LogP contribution in [-0.2, 0) is 32.2 Å². The largest absolute Gasteiger partial charge is 0.392 e. The molecule has 2 fully saturated rings. The van der Waals surface area contributed by atoms with Crippen LogP contribution in [0.2, 0.25) is 0 Å². The Bertz CT molecular complexity index is 2120. The van der Waals surface area contributed by atoms with E-state index < -0.39 is 6.29 Å². The van der Waals surface area contributed by atoms with E-state index in [9.17, 15) is 19.5 Å². The number of amides is 2. The van der Waals surface area contributed by atoms with Gasteiger partial charge < -0.3 is 35.1 Å². The summed E-state index contributed by atoms with van der Waals surface area (Å²) in [5.74, 6) is -0.000127. The van der Waals surface area contributed by atoms with Crippen molar-refractivity contribution in [3.8, 4) is 11.1 Å². The number of para-hydroxylation sites is 2. The summed E-state index contributed by atoms with van der Waals surface area (Å²) in [5, 5.41) is 15.5. The predicted molar refractivity (Wildman–Crippen MR) is 217 cm³/mol. The summed E-state index contributed by atoms with van der Waals surface area (Å²) in [5.41, 5.74) is 7.79. The molecule has 2 aliphatic rings. The second-order valence-corrected chi connectivity index (χ2v) is 15.1. The SMILES string of the molecule is CC(=O)NCCCCCC(=O)NCc1cccc(-c2ccc(C3OC(CN4CCC(n5c(=O)[nH]c6ccccc65)CC4)CC(c4ccc(CO)cc4)O3)cc2)c1. The second-order valence-electron chi connectivity index (χ2n) is 15.1. The number of likely N-dealkylation sites (tertiary alicyclic amines) is 1. The number of aliphatic hydroxyl groups is 1. The molecule has 56 heavy (non-hydrogen) atoms. The third-order valence-electron chi connectivity index (χ3n) is 11.0. The molecule has 294 valence electrons. The first-order valence-electron chi connectivity index (χ1n) is 20.0. The van der Waals surface area contributed by atoms with Gasteiger partial charge in [0.25, 0.3) is 0 Å². The number of nitrogens with zero attached hydrogens (tertiary/aromatic N) is 2. The highest BCUT2D eigenvalue weighted by Gasteiger charge is 2.34. The van der Waals surface area contributed by atoms with Gasteiger partial charge in [-0.3, -0.25) is 14.2 Å². The molecule has 7 rings (SSSR count). The Morgan fingerprint density at radius 1 is 0.821 bits per heavy atom. The second kappa shape index (κ2) is 18.7. The van der Waals surface area contributed by atoms with E-state index >= 15 is 0 Å². The van der Waals surface area contributed by atoms with Crippen molar-refractivity contribution in [1.82, 2.24) is 25.1 Å². The Hall–Kier alpha value is -5.07. The van der Waals surface area contributed by atoms with Crippen LogP contribution >= 0.6 is 0 Å². The van der Waals surface area contributed by atoms with E-state index in [4.69, 9.17) is 9.47 Å². The number of H-pyrrole nitrogens is 1. The molecule has 2 amide bonds. The van der Waals surface area contributed by atoms with Gasteiger partial charge in [0.1, 0.15) is 0 Å². The van der Waals surface area contributed by atoms with Gasteiger partial charge in [-0.2, -0.15) is 0 Å². The first-order chi connectivity index (χ1) is 27.3. The lowest BCUT2D eigenvalue weighted by atomic mass is 9.98. The summed E-state index contributed by atoms with van der Waals surface area (Å²) in [6.07, 6.45) is 4.69. The lowest BCUT2D eigenvalue weighted by Crippen LogP contribution is -2.43. The number of hydrogen-bond acceptors (Lipinski definition) is 7. The fourth-order valence-electron chi connectivity index (χ4n) is 7.95. The van der Waals surface area contributed by atoms with Gasteiger partial charge >= 0.3 is 5.69 Å². The zero-order valence-corrected chi connectivity index (χ0v) is 32.1. The summed E-state index contributed by atoms with van der Waals surface area (Å²) in [4.78, 5) is 41.8. The molecule has 3 atom stereocenters. The number of unbranched alkanes of at least 4 members (excludes halogenated alkanes) is 2. The maximum Gasteiger partial charge on any atom is 0.326 e. The molecule has 0 spiro atoms. The third-order valence-corrected chi connectivity index (χ3v) is 11.0. The Balaban J connectivity index is 0.975. The number of piperidine rings is 1. The topological polar surface area (TPSA) is 138 Å². The Morgan fingerprint density at radius 3 is 2.36 bits per heavy atom. The fourth-order valence-corrected chi connectivity index (χ4v) is 7.95. The fraction of sp³-hybridized carbons (Fsp3) is 0.400. The summed E-state index contributed by atoms with van der Waals surface area (Å²) in [6.45, 7) is 5.12. The van der Waals surface area contributed by atoms with E-state index in [0.29, 0.717) is 25.9 Å². The van der Waals surface area contributed by atoms with Crippen molar-refractivity contribution in [2.75, 3.05) is 26.2 Å². The number of aliphatic hydroxyl groups excluding tert-OH is 1. The molecular weight excluding hydrogens is 707 g/mol. The zero-order valence-electron chi connectivity index (χ0n) is 32.1.